The van der Waals surface area contributed by atoms with Gasteiger partial charge in [0, 0.05) is 45.3 Å². The normalized spacial score (nSPS) is 26.8. The first-order chi connectivity index (χ1) is 10.1. The number of aliphatic carboxylic acids is 1. The lowest BCUT2D eigenvalue weighted by atomic mass is 10.0. The van der Waals surface area contributed by atoms with Crippen LogP contribution in [0.1, 0.15) is 19.8 Å². The van der Waals surface area contributed by atoms with E-state index in [9.17, 15) is 9.59 Å². The highest BCUT2D eigenvalue weighted by atomic mass is 16.4. The second-order valence-electron chi connectivity index (χ2n) is 5.84. The van der Waals surface area contributed by atoms with E-state index in [4.69, 9.17) is 5.11 Å². The first kappa shape index (κ1) is 16.0. The maximum absolute atomic E-state index is 12.1. The average molecular weight is 298 g/mol. The molecule has 2 unspecified atom stereocenters. The minimum Gasteiger partial charge on any atom is -0.481 e. The van der Waals surface area contributed by atoms with Gasteiger partial charge >= 0.3 is 12.0 Å². The van der Waals surface area contributed by atoms with Gasteiger partial charge < -0.3 is 25.5 Å². The van der Waals surface area contributed by atoms with E-state index in [1.807, 2.05) is 6.92 Å². The molecule has 0 spiro atoms. The predicted molar refractivity (Wildman–Crippen MR) is 79.2 cm³/mol. The van der Waals surface area contributed by atoms with E-state index in [1.54, 1.807) is 4.90 Å². The summed E-state index contributed by atoms with van der Waals surface area (Å²) in [4.78, 5) is 27.2. The van der Waals surface area contributed by atoms with Gasteiger partial charge in [-0.25, -0.2) is 4.79 Å². The second kappa shape index (κ2) is 7.61. The van der Waals surface area contributed by atoms with Crippen LogP contribution in [0.25, 0.3) is 0 Å². The zero-order chi connectivity index (χ0) is 15.2. The molecule has 0 saturated carbocycles. The molecule has 7 nitrogen and oxygen atoms in total. The average Bonchev–Trinajstić information content (AvgIpc) is 2.86. The van der Waals surface area contributed by atoms with Gasteiger partial charge in [-0.2, -0.15) is 0 Å². The number of carboxylic acid groups (broad SMARTS) is 1. The highest BCUT2D eigenvalue weighted by Gasteiger charge is 2.37. The molecule has 2 atom stereocenters. The Kier molecular flexibility index (Phi) is 5.81. The number of nitrogens with zero attached hydrogens (tertiary/aromatic N) is 2. The van der Waals surface area contributed by atoms with Crippen molar-refractivity contribution < 1.29 is 14.7 Å². The molecule has 2 rings (SSSR count). The Balaban J connectivity index is 1.64. The summed E-state index contributed by atoms with van der Waals surface area (Å²) >= 11 is 0. The SMILES string of the molecule is CC1C(C(=O)O)CCN1C(=O)NCCCN1CCNCC1. The van der Waals surface area contributed by atoms with Crippen molar-refractivity contribution in [1.29, 1.82) is 0 Å². The molecule has 2 heterocycles. The molecule has 2 fully saturated rings. The van der Waals surface area contributed by atoms with E-state index < -0.39 is 11.9 Å². The van der Waals surface area contributed by atoms with Crippen LogP contribution >= 0.6 is 0 Å². The zero-order valence-electron chi connectivity index (χ0n) is 12.7. The Morgan fingerprint density at radius 2 is 2.00 bits per heavy atom. The summed E-state index contributed by atoms with van der Waals surface area (Å²) in [5.74, 6) is -1.24. The summed E-state index contributed by atoms with van der Waals surface area (Å²) in [6, 6.07) is -0.359. The highest BCUT2D eigenvalue weighted by Crippen LogP contribution is 2.24. The number of hydrogen-bond acceptors (Lipinski definition) is 4. The van der Waals surface area contributed by atoms with E-state index in [0.29, 0.717) is 19.5 Å². The molecule has 0 aliphatic carbocycles. The minimum absolute atomic E-state index is 0.133. The van der Waals surface area contributed by atoms with E-state index in [1.165, 1.54) is 0 Å². The summed E-state index contributed by atoms with van der Waals surface area (Å²) in [6.45, 7) is 8.18. The Hall–Kier alpha value is -1.34. The van der Waals surface area contributed by atoms with Crippen LogP contribution in [0.2, 0.25) is 0 Å². The lowest BCUT2D eigenvalue weighted by molar-refractivity contribution is -0.142. The Labute approximate surface area is 125 Å². The van der Waals surface area contributed by atoms with Gasteiger partial charge in [0.1, 0.15) is 0 Å². The molecule has 3 N–H and O–H groups in total. The third-order valence-corrected chi connectivity index (χ3v) is 4.47. The standard InChI is InChI=1S/C14H26N4O3/c1-11-12(13(19)20)3-8-18(11)14(21)16-4-2-7-17-9-5-15-6-10-17/h11-12,15H,2-10H2,1H3,(H,16,21)(H,19,20). The highest BCUT2D eigenvalue weighted by molar-refractivity contribution is 5.78. The number of urea groups is 1. The first-order valence-electron chi connectivity index (χ1n) is 7.80. The van der Waals surface area contributed by atoms with Crippen molar-refractivity contribution in [2.45, 2.75) is 25.8 Å². The van der Waals surface area contributed by atoms with Crippen LogP contribution in [-0.4, -0.2) is 78.8 Å². The fraction of sp³-hybridized carbons (Fsp3) is 0.857. The van der Waals surface area contributed by atoms with Crippen molar-refractivity contribution >= 4 is 12.0 Å². The fourth-order valence-corrected chi connectivity index (χ4v) is 3.09. The molecule has 0 aromatic heterocycles. The number of carbonyl (C=O) groups is 2. The number of nitrogens with one attached hydrogen (secondary N) is 2. The van der Waals surface area contributed by atoms with Gasteiger partial charge in [-0.15, -0.1) is 0 Å². The van der Waals surface area contributed by atoms with Crippen molar-refractivity contribution in [2.24, 2.45) is 5.92 Å². The molecule has 0 aromatic carbocycles. The van der Waals surface area contributed by atoms with Crippen molar-refractivity contribution in [1.82, 2.24) is 20.4 Å². The summed E-state index contributed by atoms with van der Waals surface area (Å²) in [5, 5.41) is 15.3. The van der Waals surface area contributed by atoms with Gasteiger partial charge in [-0.05, 0) is 26.3 Å². The van der Waals surface area contributed by atoms with Crippen molar-refractivity contribution in [3.63, 3.8) is 0 Å². The molecule has 2 aliphatic heterocycles. The third kappa shape index (κ3) is 4.31. The van der Waals surface area contributed by atoms with E-state index in [2.05, 4.69) is 15.5 Å². The molecular formula is C14H26N4O3. The molecule has 0 radical (unpaired) electrons. The Morgan fingerprint density at radius 3 is 2.62 bits per heavy atom. The van der Waals surface area contributed by atoms with Crippen LogP contribution in [0.3, 0.4) is 0 Å². The van der Waals surface area contributed by atoms with Crippen molar-refractivity contribution in [3.8, 4) is 0 Å². The van der Waals surface area contributed by atoms with Gasteiger partial charge in [0.25, 0.3) is 0 Å². The number of piperazine rings is 1. The molecule has 21 heavy (non-hydrogen) atoms. The molecule has 0 aromatic rings. The molecule has 2 amide bonds. The van der Waals surface area contributed by atoms with Gasteiger partial charge in [-0.3, -0.25) is 4.79 Å². The number of amides is 2. The van der Waals surface area contributed by atoms with Crippen LogP contribution in [-0.2, 0) is 4.79 Å². The smallest absolute Gasteiger partial charge is 0.317 e. The Bertz CT molecular complexity index is 371. The van der Waals surface area contributed by atoms with Gasteiger partial charge in [0.15, 0.2) is 0 Å². The molecular weight excluding hydrogens is 272 g/mol. The molecule has 0 bridgehead atoms. The van der Waals surface area contributed by atoms with Crippen LogP contribution < -0.4 is 10.6 Å². The van der Waals surface area contributed by atoms with Gasteiger partial charge in [0.2, 0.25) is 0 Å². The number of rotatable bonds is 5. The zero-order valence-corrected chi connectivity index (χ0v) is 12.7. The topological polar surface area (TPSA) is 84.9 Å². The third-order valence-electron chi connectivity index (χ3n) is 4.47. The maximum atomic E-state index is 12.1. The fourth-order valence-electron chi connectivity index (χ4n) is 3.09. The second-order valence-corrected chi connectivity index (χ2v) is 5.84. The van der Waals surface area contributed by atoms with E-state index in [0.717, 1.165) is 39.1 Å². The monoisotopic (exact) mass is 298 g/mol. The predicted octanol–water partition coefficient (Wildman–Crippen LogP) is -0.214. The first-order valence-corrected chi connectivity index (χ1v) is 7.80. The molecule has 2 saturated heterocycles. The largest absolute Gasteiger partial charge is 0.481 e. The summed E-state index contributed by atoms with van der Waals surface area (Å²) in [6.07, 6.45) is 1.47. The number of carbonyl (C=O) groups excluding carboxylic acids is 1. The van der Waals surface area contributed by atoms with Crippen LogP contribution in [0.15, 0.2) is 0 Å². The lowest BCUT2D eigenvalue weighted by Gasteiger charge is -2.27. The molecule has 7 heteroatoms. The number of hydrogen-bond donors (Lipinski definition) is 3. The summed E-state index contributed by atoms with van der Waals surface area (Å²) in [7, 11) is 0. The van der Waals surface area contributed by atoms with Crippen LogP contribution in [0.5, 0.6) is 0 Å². The Morgan fingerprint density at radius 1 is 1.29 bits per heavy atom. The van der Waals surface area contributed by atoms with E-state index in [-0.39, 0.29) is 12.1 Å². The van der Waals surface area contributed by atoms with Crippen LogP contribution in [0, 0.1) is 5.92 Å². The van der Waals surface area contributed by atoms with Gasteiger partial charge in [0.05, 0.1) is 5.92 Å². The maximum Gasteiger partial charge on any atom is 0.317 e. The minimum atomic E-state index is -0.809. The molecule has 120 valence electrons. The van der Waals surface area contributed by atoms with Crippen LogP contribution in [0.4, 0.5) is 4.79 Å². The number of likely N-dealkylation sites (tertiary alicyclic amines) is 1. The van der Waals surface area contributed by atoms with Crippen molar-refractivity contribution in [2.75, 3.05) is 45.8 Å². The summed E-state index contributed by atoms with van der Waals surface area (Å²) in [5.41, 5.74) is 0. The summed E-state index contributed by atoms with van der Waals surface area (Å²) < 4.78 is 0. The van der Waals surface area contributed by atoms with Crippen molar-refractivity contribution in [3.05, 3.63) is 0 Å². The van der Waals surface area contributed by atoms with Gasteiger partial charge in [-0.1, -0.05) is 0 Å². The number of carboxylic acids is 1. The van der Waals surface area contributed by atoms with E-state index >= 15 is 0 Å². The molecule has 2 aliphatic rings. The quantitative estimate of drug-likeness (QED) is 0.611. The lowest BCUT2D eigenvalue weighted by Crippen LogP contribution is -2.46.